The van der Waals surface area contributed by atoms with Gasteiger partial charge in [-0.1, -0.05) is 0 Å². The van der Waals surface area contributed by atoms with Crippen LogP contribution >= 0.6 is 0 Å². The predicted octanol–water partition coefficient (Wildman–Crippen LogP) is 0.575. The first-order valence-electron chi connectivity index (χ1n) is 6.58. The van der Waals surface area contributed by atoms with Crippen molar-refractivity contribution >= 4 is 5.91 Å². The Hall–Kier alpha value is -1.40. The highest BCUT2D eigenvalue weighted by molar-refractivity contribution is 5.75. The lowest BCUT2D eigenvalue weighted by atomic mass is 9.92. The molecule has 2 heterocycles. The number of H-pyrrole nitrogens is 1. The quantitative estimate of drug-likeness (QED) is 0.788. The van der Waals surface area contributed by atoms with E-state index >= 15 is 0 Å². The number of nitrogens with zero attached hydrogens (tertiary/aromatic N) is 2. The van der Waals surface area contributed by atoms with Crippen LogP contribution in [0.5, 0.6) is 0 Å². The number of aromatic nitrogens is 2. The maximum Gasteiger partial charge on any atom is 0.219 e. The molecule has 1 saturated heterocycles. The molecule has 0 saturated carbocycles. The van der Waals surface area contributed by atoms with E-state index in [1.807, 2.05) is 13.1 Å². The highest BCUT2D eigenvalue weighted by Gasteiger charge is 2.42. The standard InChI is InChI=1S/C13H22N4O2/c1-10-11(7-15-16-10)8-17-5-3-4-13(17,9-19-2)6-12(14)18/h7H,3-6,8-9H2,1-2H3,(H2,14,18)(H,15,16). The molecule has 1 aliphatic rings. The van der Waals surface area contributed by atoms with Gasteiger partial charge < -0.3 is 10.5 Å². The van der Waals surface area contributed by atoms with E-state index in [2.05, 4.69) is 15.1 Å². The van der Waals surface area contributed by atoms with Crippen molar-refractivity contribution < 1.29 is 9.53 Å². The van der Waals surface area contributed by atoms with Crippen LogP contribution in [0.4, 0.5) is 0 Å². The van der Waals surface area contributed by atoms with E-state index < -0.39 is 0 Å². The van der Waals surface area contributed by atoms with Crippen molar-refractivity contribution in [1.82, 2.24) is 15.1 Å². The first-order valence-corrected chi connectivity index (χ1v) is 6.58. The zero-order valence-electron chi connectivity index (χ0n) is 11.6. The number of ether oxygens (including phenoxy) is 1. The average Bonchev–Trinajstić information content (AvgIpc) is 2.88. The normalized spacial score (nSPS) is 23.9. The number of carbonyl (C=O) groups excluding carboxylic acids is 1. The van der Waals surface area contributed by atoms with Gasteiger partial charge in [0.2, 0.25) is 5.91 Å². The Morgan fingerprint density at radius 2 is 2.47 bits per heavy atom. The number of hydrogen-bond acceptors (Lipinski definition) is 4. The van der Waals surface area contributed by atoms with Crippen LogP contribution in [0.3, 0.4) is 0 Å². The first kappa shape index (κ1) is 14.0. The van der Waals surface area contributed by atoms with Crippen LogP contribution in [0.1, 0.15) is 30.5 Å². The molecular weight excluding hydrogens is 244 g/mol. The van der Waals surface area contributed by atoms with Gasteiger partial charge in [0.05, 0.1) is 18.3 Å². The maximum atomic E-state index is 11.4. The lowest BCUT2D eigenvalue weighted by molar-refractivity contribution is -0.121. The Bertz CT molecular complexity index is 446. The molecule has 1 unspecified atom stereocenters. The van der Waals surface area contributed by atoms with Gasteiger partial charge >= 0.3 is 0 Å². The topological polar surface area (TPSA) is 84.2 Å². The minimum absolute atomic E-state index is 0.260. The molecule has 1 atom stereocenters. The predicted molar refractivity (Wildman–Crippen MR) is 71.4 cm³/mol. The lowest BCUT2D eigenvalue weighted by Crippen LogP contribution is -2.49. The number of nitrogens with one attached hydrogen (secondary N) is 1. The number of aryl methyl sites for hydroxylation is 1. The van der Waals surface area contributed by atoms with Crippen molar-refractivity contribution in [2.45, 2.75) is 38.3 Å². The largest absolute Gasteiger partial charge is 0.383 e. The summed E-state index contributed by atoms with van der Waals surface area (Å²) in [5.41, 5.74) is 7.38. The summed E-state index contributed by atoms with van der Waals surface area (Å²) in [6.45, 7) is 4.28. The van der Waals surface area contributed by atoms with Crippen LogP contribution in [-0.2, 0) is 16.1 Å². The molecule has 1 amide bonds. The molecular formula is C13H22N4O2. The van der Waals surface area contributed by atoms with E-state index in [1.54, 1.807) is 7.11 Å². The number of amides is 1. The number of hydrogen-bond donors (Lipinski definition) is 2. The molecule has 0 aromatic carbocycles. The summed E-state index contributed by atoms with van der Waals surface area (Å²) >= 11 is 0. The fourth-order valence-corrected chi connectivity index (χ4v) is 2.99. The molecule has 19 heavy (non-hydrogen) atoms. The van der Waals surface area contributed by atoms with E-state index in [-0.39, 0.29) is 11.4 Å². The van der Waals surface area contributed by atoms with E-state index in [1.165, 1.54) is 0 Å². The van der Waals surface area contributed by atoms with Crippen molar-refractivity contribution in [2.24, 2.45) is 5.73 Å². The van der Waals surface area contributed by atoms with Crippen LogP contribution in [0.15, 0.2) is 6.20 Å². The Labute approximate surface area is 113 Å². The zero-order valence-corrected chi connectivity index (χ0v) is 11.6. The summed E-state index contributed by atoms with van der Waals surface area (Å²) in [6.07, 6.45) is 4.20. The molecule has 6 heteroatoms. The van der Waals surface area contributed by atoms with Gasteiger partial charge in [-0.05, 0) is 26.3 Å². The molecule has 1 aromatic rings. The van der Waals surface area contributed by atoms with E-state index in [0.717, 1.165) is 37.2 Å². The second-order valence-electron chi connectivity index (χ2n) is 5.35. The summed E-state index contributed by atoms with van der Waals surface area (Å²) in [7, 11) is 1.67. The molecule has 0 radical (unpaired) electrons. The molecule has 1 aromatic heterocycles. The summed E-state index contributed by atoms with van der Waals surface area (Å²) < 4.78 is 5.34. The SMILES string of the molecule is COCC1(CC(N)=O)CCCN1Cc1cn[nH]c1C. The summed E-state index contributed by atoms with van der Waals surface area (Å²) in [5.74, 6) is -0.270. The highest BCUT2D eigenvalue weighted by Crippen LogP contribution is 2.34. The Kier molecular flexibility index (Phi) is 4.21. The Morgan fingerprint density at radius 3 is 3.05 bits per heavy atom. The molecule has 0 spiro atoms. The van der Waals surface area contributed by atoms with Gasteiger partial charge in [-0.2, -0.15) is 5.10 Å². The molecule has 6 nitrogen and oxygen atoms in total. The van der Waals surface area contributed by atoms with Gasteiger partial charge in [0.1, 0.15) is 0 Å². The third-order valence-electron chi connectivity index (χ3n) is 3.95. The Balaban J connectivity index is 2.16. The fourth-order valence-electron chi connectivity index (χ4n) is 2.99. The van der Waals surface area contributed by atoms with Crippen LogP contribution < -0.4 is 5.73 Å². The minimum Gasteiger partial charge on any atom is -0.383 e. The average molecular weight is 266 g/mol. The van der Waals surface area contributed by atoms with Crippen LogP contribution in [0.2, 0.25) is 0 Å². The number of rotatable bonds is 6. The number of carbonyl (C=O) groups is 1. The molecule has 0 aliphatic carbocycles. The zero-order chi connectivity index (χ0) is 13.9. The number of methoxy groups -OCH3 is 1. The summed E-state index contributed by atoms with van der Waals surface area (Å²) in [6, 6.07) is 0. The van der Waals surface area contributed by atoms with Crippen molar-refractivity contribution in [2.75, 3.05) is 20.3 Å². The number of primary amides is 1. The molecule has 1 aliphatic heterocycles. The van der Waals surface area contributed by atoms with Crippen molar-refractivity contribution in [3.63, 3.8) is 0 Å². The van der Waals surface area contributed by atoms with Gasteiger partial charge in [-0.25, -0.2) is 0 Å². The number of likely N-dealkylation sites (tertiary alicyclic amines) is 1. The second kappa shape index (κ2) is 5.71. The van der Waals surface area contributed by atoms with Crippen LogP contribution in [0, 0.1) is 6.92 Å². The minimum atomic E-state index is -0.270. The van der Waals surface area contributed by atoms with Crippen molar-refractivity contribution in [3.05, 3.63) is 17.5 Å². The van der Waals surface area contributed by atoms with Gasteiger partial charge in [-0.15, -0.1) is 0 Å². The molecule has 0 bridgehead atoms. The van der Waals surface area contributed by atoms with E-state index in [9.17, 15) is 4.79 Å². The summed E-state index contributed by atoms with van der Waals surface area (Å²) in [4.78, 5) is 13.7. The maximum absolute atomic E-state index is 11.4. The second-order valence-corrected chi connectivity index (χ2v) is 5.35. The van der Waals surface area contributed by atoms with E-state index in [0.29, 0.717) is 13.0 Å². The van der Waals surface area contributed by atoms with Crippen LogP contribution in [-0.4, -0.2) is 46.8 Å². The first-order chi connectivity index (χ1) is 9.07. The number of nitrogens with two attached hydrogens (primary N) is 1. The third kappa shape index (κ3) is 2.96. The fraction of sp³-hybridized carbons (Fsp3) is 0.692. The van der Waals surface area contributed by atoms with Gasteiger partial charge in [0, 0.05) is 31.3 Å². The highest BCUT2D eigenvalue weighted by atomic mass is 16.5. The van der Waals surface area contributed by atoms with Gasteiger partial charge in [0.15, 0.2) is 0 Å². The molecule has 3 N–H and O–H groups in total. The monoisotopic (exact) mass is 266 g/mol. The molecule has 106 valence electrons. The smallest absolute Gasteiger partial charge is 0.219 e. The third-order valence-corrected chi connectivity index (χ3v) is 3.95. The Morgan fingerprint density at radius 1 is 1.68 bits per heavy atom. The van der Waals surface area contributed by atoms with Crippen molar-refractivity contribution in [3.8, 4) is 0 Å². The molecule has 1 fully saturated rings. The number of aromatic amines is 1. The van der Waals surface area contributed by atoms with Crippen LogP contribution in [0.25, 0.3) is 0 Å². The van der Waals surface area contributed by atoms with Gasteiger partial charge in [-0.3, -0.25) is 14.8 Å². The summed E-state index contributed by atoms with van der Waals surface area (Å²) in [5, 5.41) is 6.99. The van der Waals surface area contributed by atoms with Crippen molar-refractivity contribution in [1.29, 1.82) is 0 Å². The molecule has 2 rings (SSSR count). The lowest BCUT2D eigenvalue weighted by Gasteiger charge is -2.37. The van der Waals surface area contributed by atoms with E-state index in [4.69, 9.17) is 10.5 Å². The van der Waals surface area contributed by atoms with Gasteiger partial charge in [0.25, 0.3) is 0 Å².